The number of rotatable bonds is 3. The van der Waals surface area contributed by atoms with Crippen molar-refractivity contribution in [3.8, 4) is 0 Å². The molecule has 94 valence electrons. The molecule has 0 aliphatic heterocycles. The van der Waals surface area contributed by atoms with E-state index in [1.165, 1.54) is 0 Å². The molecule has 0 aliphatic carbocycles. The van der Waals surface area contributed by atoms with Crippen molar-refractivity contribution in [1.82, 2.24) is 9.55 Å². The van der Waals surface area contributed by atoms with Gasteiger partial charge in [-0.2, -0.15) is 0 Å². The van der Waals surface area contributed by atoms with E-state index < -0.39 is 0 Å². The fourth-order valence-electron chi connectivity index (χ4n) is 2.33. The zero-order valence-corrected chi connectivity index (χ0v) is 10.7. The largest absolute Gasteiger partial charge is 0.332 e. The van der Waals surface area contributed by atoms with Gasteiger partial charge < -0.3 is 4.57 Å². The fourth-order valence-corrected chi connectivity index (χ4v) is 2.33. The molecule has 3 aromatic rings. The summed E-state index contributed by atoms with van der Waals surface area (Å²) in [6.07, 6.45) is 3.82. The number of hydrogen-bond donors (Lipinski definition) is 0. The molecule has 0 spiro atoms. The quantitative estimate of drug-likeness (QED) is 0.670. The molecule has 0 amide bonds. The zero-order chi connectivity index (χ0) is 13.2. The fraction of sp³-hybridized carbons (Fsp3) is 0.125. The van der Waals surface area contributed by atoms with Crippen molar-refractivity contribution in [2.24, 2.45) is 7.05 Å². The average molecular weight is 250 g/mol. The number of aromatic nitrogens is 2. The number of Topliss-reactive ketones (excluding diaryl/α,β-unsaturated/α-hetero) is 1. The third-order valence-corrected chi connectivity index (χ3v) is 3.30. The summed E-state index contributed by atoms with van der Waals surface area (Å²) in [4.78, 5) is 16.4. The van der Waals surface area contributed by atoms with E-state index >= 15 is 0 Å². The number of fused-ring (bicyclic) bond motifs is 1. The van der Waals surface area contributed by atoms with Crippen molar-refractivity contribution in [2.45, 2.75) is 6.42 Å². The molecule has 0 saturated carbocycles. The van der Waals surface area contributed by atoms with Gasteiger partial charge in [0.15, 0.2) is 5.82 Å². The zero-order valence-electron chi connectivity index (χ0n) is 10.7. The van der Waals surface area contributed by atoms with Crippen LogP contribution >= 0.6 is 0 Å². The molecule has 19 heavy (non-hydrogen) atoms. The van der Waals surface area contributed by atoms with E-state index in [-0.39, 0.29) is 5.78 Å². The number of ketones is 1. The Labute approximate surface area is 111 Å². The highest BCUT2D eigenvalue weighted by atomic mass is 16.1. The van der Waals surface area contributed by atoms with Crippen LogP contribution in [0.5, 0.6) is 0 Å². The van der Waals surface area contributed by atoms with Gasteiger partial charge in [-0.3, -0.25) is 4.79 Å². The van der Waals surface area contributed by atoms with E-state index in [9.17, 15) is 4.79 Å². The molecule has 3 heteroatoms. The van der Waals surface area contributed by atoms with E-state index in [1.54, 1.807) is 17.0 Å². The van der Waals surface area contributed by atoms with Gasteiger partial charge in [0.25, 0.3) is 0 Å². The Bertz CT molecular complexity index is 738. The van der Waals surface area contributed by atoms with Crippen LogP contribution in [0.1, 0.15) is 16.2 Å². The van der Waals surface area contributed by atoms with Gasteiger partial charge in [-0.15, -0.1) is 0 Å². The highest BCUT2D eigenvalue weighted by Crippen LogP contribution is 2.19. The number of hydrogen-bond acceptors (Lipinski definition) is 2. The second-order valence-electron chi connectivity index (χ2n) is 4.60. The Balaban J connectivity index is 1.98. The van der Waals surface area contributed by atoms with Gasteiger partial charge in [0, 0.05) is 25.9 Å². The van der Waals surface area contributed by atoms with Crippen LogP contribution in [0.15, 0.2) is 54.9 Å². The summed E-state index contributed by atoms with van der Waals surface area (Å²) >= 11 is 0. The van der Waals surface area contributed by atoms with Crippen LogP contribution in [0.3, 0.4) is 0 Å². The number of aryl methyl sites for hydroxylation is 1. The van der Waals surface area contributed by atoms with Crippen LogP contribution in [-0.4, -0.2) is 15.3 Å². The lowest BCUT2D eigenvalue weighted by Gasteiger charge is -2.06. The maximum Gasteiger partial charge on any atom is 0.202 e. The minimum Gasteiger partial charge on any atom is -0.332 e. The standard InChI is InChI=1S/C16H14N2O/c1-18-10-9-17-16(18)15(19)11-13-7-4-6-12-5-2-3-8-14(12)13/h2-10H,11H2,1H3. The predicted molar refractivity (Wildman–Crippen MR) is 75.2 cm³/mol. The van der Waals surface area contributed by atoms with Crippen molar-refractivity contribution < 1.29 is 4.79 Å². The number of carbonyl (C=O) groups is 1. The number of carbonyl (C=O) groups excluding carboxylic acids is 1. The highest BCUT2D eigenvalue weighted by Gasteiger charge is 2.13. The normalized spacial score (nSPS) is 10.8. The van der Waals surface area contributed by atoms with Crippen LogP contribution in [0.4, 0.5) is 0 Å². The van der Waals surface area contributed by atoms with E-state index in [4.69, 9.17) is 0 Å². The molecule has 1 heterocycles. The van der Waals surface area contributed by atoms with Gasteiger partial charge in [-0.25, -0.2) is 4.98 Å². The summed E-state index contributed by atoms with van der Waals surface area (Å²) in [5, 5.41) is 2.29. The van der Waals surface area contributed by atoms with Crippen molar-refractivity contribution in [2.75, 3.05) is 0 Å². The van der Waals surface area contributed by atoms with Gasteiger partial charge >= 0.3 is 0 Å². The van der Waals surface area contributed by atoms with Gasteiger partial charge in [0.05, 0.1) is 0 Å². The van der Waals surface area contributed by atoms with Gasteiger partial charge in [0.1, 0.15) is 0 Å². The second kappa shape index (κ2) is 4.69. The van der Waals surface area contributed by atoms with E-state index in [0.717, 1.165) is 16.3 Å². The van der Waals surface area contributed by atoms with Crippen molar-refractivity contribution in [1.29, 1.82) is 0 Å². The summed E-state index contributed by atoms with van der Waals surface area (Å²) in [5.41, 5.74) is 1.05. The summed E-state index contributed by atoms with van der Waals surface area (Å²) < 4.78 is 1.76. The Hall–Kier alpha value is -2.42. The first kappa shape index (κ1) is 11.7. The monoisotopic (exact) mass is 250 g/mol. The summed E-state index contributed by atoms with van der Waals surface area (Å²) in [7, 11) is 1.84. The number of nitrogens with zero attached hydrogens (tertiary/aromatic N) is 2. The molecule has 0 fully saturated rings. The molecule has 3 rings (SSSR count). The maximum absolute atomic E-state index is 12.3. The van der Waals surface area contributed by atoms with Crippen molar-refractivity contribution >= 4 is 16.6 Å². The Morgan fingerprint density at radius 2 is 1.95 bits per heavy atom. The van der Waals surface area contributed by atoms with E-state index in [1.807, 2.05) is 31.3 Å². The lowest BCUT2D eigenvalue weighted by atomic mass is 10.0. The molecular formula is C16H14N2O. The highest BCUT2D eigenvalue weighted by molar-refractivity contribution is 5.97. The predicted octanol–water partition coefficient (Wildman–Crippen LogP) is 3.00. The third-order valence-electron chi connectivity index (χ3n) is 3.30. The molecule has 2 aromatic carbocycles. The molecule has 3 nitrogen and oxygen atoms in total. The smallest absolute Gasteiger partial charge is 0.202 e. The SMILES string of the molecule is Cn1ccnc1C(=O)Cc1cccc2ccccc12. The lowest BCUT2D eigenvalue weighted by Crippen LogP contribution is -2.10. The molecular weight excluding hydrogens is 236 g/mol. The Morgan fingerprint density at radius 3 is 2.74 bits per heavy atom. The number of benzene rings is 2. The van der Waals surface area contributed by atoms with Crippen LogP contribution < -0.4 is 0 Å². The topological polar surface area (TPSA) is 34.9 Å². The summed E-state index contributed by atoms with van der Waals surface area (Å²) in [6, 6.07) is 14.2. The molecule has 0 atom stereocenters. The van der Waals surface area contributed by atoms with Crippen LogP contribution in [0.25, 0.3) is 10.8 Å². The van der Waals surface area contributed by atoms with Gasteiger partial charge in [-0.05, 0) is 16.3 Å². The maximum atomic E-state index is 12.3. The summed E-state index contributed by atoms with van der Waals surface area (Å²) in [6.45, 7) is 0. The van der Waals surface area contributed by atoms with Crippen LogP contribution in [0, 0.1) is 0 Å². The molecule has 0 N–H and O–H groups in total. The molecule has 1 aromatic heterocycles. The Morgan fingerprint density at radius 1 is 1.16 bits per heavy atom. The van der Waals surface area contributed by atoms with Gasteiger partial charge in [0.2, 0.25) is 5.78 Å². The molecule has 0 bridgehead atoms. The second-order valence-corrected chi connectivity index (χ2v) is 4.60. The first-order chi connectivity index (χ1) is 9.25. The van der Waals surface area contributed by atoms with Crippen molar-refractivity contribution in [3.63, 3.8) is 0 Å². The molecule has 0 saturated heterocycles. The van der Waals surface area contributed by atoms with Crippen LogP contribution in [0.2, 0.25) is 0 Å². The molecule has 0 aliphatic rings. The Kier molecular flexibility index (Phi) is 2.88. The van der Waals surface area contributed by atoms with Gasteiger partial charge in [-0.1, -0.05) is 42.5 Å². The lowest BCUT2D eigenvalue weighted by molar-refractivity contribution is 0.0980. The summed E-state index contributed by atoms with van der Waals surface area (Å²) in [5.74, 6) is 0.553. The minimum absolute atomic E-state index is 0.0452. The minimum atomic E-state index is 0.0452. The van der Waals surface area contributed by atoms with E-state index in [2.05, 4.69) is 23.2 Å². The third kappa shape index (κ3) is 2.15. The first-order valence-electron chi connectivity index (χ1n) is 6.23. The molecule has 0 radical (unpaired) electrons. The number of imidazole rings is 1. The van der Waals surface area contributed by atoms with Crippen molar-refractivity contribution in [3.05, 3.63) is 66.2 Å². The van der Waals surface area contributed by atoms with Crippen LogP contribution in [-0.2, 0) is 13.5 Å². The molecule has 0 unspecified atom stereocenters. The average Bonchev–Trinajstić information content (AvgIpc) is 2.85. The first-order valence-corrected chi connectivity index (χ1v) is 6.23. The van der Waals surface area contributed by atoms with E-state index in [0.29, 0.717) is 12.2 Å².